The van der Waals surface area contributed by atoms with Crippen LogP contribution in [0.15, 0.2) is 29.2 Å². The molecule has 1 aliphatic rings. The van der Waals surface area contributed by atoms with Crippen molar-refractivity contribution in [1.82, 2.24) is 4.90 Å². The number of esters is 2. The number of amides is 1. The van der Waals surface area contributed by atoms with Crippen LogP contribution in [-0.2, 0) is 19.1 Å². The van der Waals surface area contributed by atoms with Gasteiger partial charge in [-0.2, -0.15) is 0 Å². The zero-order chi connectivity index (χ0) is 19.1. The Morgan fingerprint density at radius 3 is 2.58 bits per heavy atom. The van der Waals surface area contributed by atoms with Crippen LogP contribution in [0.3, 0.4) is 0 Å². The van der Waals surface area contributed by atoms with E-state index >= 15 is 0 Å². The summed E-state index contributed by atoms with van der Waals surface area (Å²) in [5.74, 6) is -0.871. The maximum atomic E-state index is 12.5. The van der Waals surface area contributed by atoms with Gasteiger partial charge in [-0.25, -0.2) is 4.79 Å². The normalized spacial score (nSPS) is 15.5. The Hall–Kier alpha value is -2.19. The molecule has 6 nitrogen and oxygen atoms in total. The molecule has 0 N–H and O–H groups in total. The average Bonchev–Trinajstić information content (AvgIpc) is 2.89. The lowest BCUT2D eigenvalue weighted by molar-refractivity contribution is -0.143. The molecule has 8 heteroatoms. The summed E-state index contributed by atoms with van der Waals surface area (Å²) >= 11 is 6.48. The maximum Gasteiger partial charge on any atom is 0.337 e. The summed E-state index contributed by atoms with van der Waals surface area (Å²) < 4.78 is 9.99. The van der Waals surface area contributed by atoms with E-state index in [4.69, 9.17) is 17.0 Å². The van der Waals surface area contributed by atoms with Crippen LogP contribution in [-0.4, -0.2) is 47.3 Å². The third-order valence-electron chi connectivity index (χ3n) is 3.57. The zero-order valence-electron chi connectivity index (χ0n) is 14.5. The second kappa shape index (κ2) is 9.49. The quantitative estimate of drug-likeness (QED) is 0.400. The molecule has 1 aromatic carbocycles. The minimum absolute atomic E-state index is 0.180. The highest BCUT2D eigenvalue weighted by Crippen LogP contribution is 2.32. The first kappa shape index (κ1) is 20.1. The minimum atomic E-state index is -0.413. The topological polar surface area (TPSA) is 72.9 Å². The Morgan fingerprint density at radius 2 is 1.96 bits per heavy atom. The van der Waals surface area contributed by atoms with Crippen molar-refractivity contribution in [2.45, 2.75) is 19.8 Å². The van der Waals surface area contributed by atoms with Crippen LogP contribution < -0.4 is 0 Å². The molecule has 0 atom stereocenters. The number of methoxy groups -OCH3 is 1. The molecule has 0 aliphatic carbocycles. The summed E-state index contributed by atoms with van der Waals surface area (Å²) in [4.78, 5) is 37.3. The summed E-state index contributed by atoms with van der Waals surface area (Å²) in [6, 6.07) is 6.74. The van der Waals surface area contributed by atoms with E-state index < -0.39 is 5.97 Å². The van der Waals surface area contributed by atoms with Crippen LogP contribution in [0, 0.1) is 0 Å². The summed E-state index contributed by atoms with van der Waals surface area (Å²) in [5, 5.41) is 0. The third kappa shape index (κ3) is 5.15. The number of rotatable bonds is 7. The molecule has 0 aromatic heterocycles. The molecule has 1 fully saturated rings. The van der Waals surface area contributed by atoms with Gasteiger partial charge < -0.3 is 9.47 Å². The highest BCUT2D eigenvalue weighted by molar-refractivity contribution is 8.26. The number of thioether (sulfide) groups is 1. The van der Waals surface area contributed by atoms with Crippen LogP contribution in [0.25, 0.3) is 6.08 Å². The third-order valence-corrected chi connectivity index (χ3v) is 4.95. The Morgan fingerprint density at radius 1 is 1.27 bits per heavy atom. The predicted octanol–water partition coefficient (Wildman–Crippen LogP) is 3.02. The maximum absolute atomic E-state index is 12.5. The number of carbonyl (C=O) groups excluding carboxylic acids is 3. The van der Waals surface area contributed by atoms with Crippen molar-refractivity contribution >= 4 is 52.2 Å². The first-order chi connectivity index (χ1) is 12.5. The fraction of sp³-hybridized carbons (Fsp3) is 0.333. The molecule has 0 bridgehead atoms. The highest BCUT2D eigenvalue weighted by Gasteiger charge is 2.31. The van der Waals surface area contributed by atoms with Crippen molar-refractivity contribution in [3.8, 4) is 0 Å². The summed E-state index contributed by atoms with van der Waals surface area (Å²) in [6.45, 7) is 2.47. The van der Waals surface area contributed by atoms with Crippen molar-refractivity contribution in [3.05, 3.63) is 40.3 Å². The van der Waals surface area contributed by atoms with Gasteiger partial charge in [-0.3, -0.25) is 14.5 Å². The lowest BCUT2D eigenvalue weighted by atomic mass is 10.1. The smallest absolute Gasteiger partial charge is 0.337 e. The van der Waals surface area contributed by atoms with E-state index in [9.17, 15) is 14.4 Å². The molecule has 1 aliphatic heterocycles. The minimum Gasteiger partial charge on any atom is -0.466 e. The number of nitrogens with zero attached hydrogens (tertiary/aromatic N) is 1. The summed E-state index contributed by atoms with van der Waals surface area (Å²) in [6.07, 6.45) is 2.47. The Bertz CT molecular complexity index is 742. The number of ether oxygens (including phenoxy) is 2. The first-order valence-corrected chi connectivity index (χ1v) is 9.28. The molecule has 1 heterocycles. The fourth-order valence-electron chi connectivity index (χ4n) is 2.29. The molecule has 0 radical (unpaired) electrons. The molecule has 26 heavy (non-hydrogen) atoms. The van der Waals surface area contributed by atoms with Gasteiger partial charge in [-0.15, -0.1) is 0 Å². The van der Waals surface area contributed by atoms with Gasteiger partial charge in [0.2, 0.25) is 0 Å². The lowest BCUT2D eigenvalue weighted by Crippen LogP contribution is -2.29. The van der Waals surface area contributed by atoms with Gasteiger partial charge in [0.1, 0.15) is 4.32 Å². The summed E-state index contributed by atoms with van der Waals surface area (Å²) in [7, 11) is 1.32. The van der Waals surface area contributed by atoms with E-state index in [2.05, 4.69) is 4.74 Å². The van der Waals surface area contributed by atoms with Crippen LogP contribution in [0.5, 0.6) is 0 Å². The van der Waals surface area contributed by atoms with Gasteiger partial charge in [-0.05, 0) is 37.1 Å². The van der Waals surface area contributed by atoms with E-state index in [1.54, 1.807) is 37.3 Å². The van der Waals surface area contributed by atoms with Gasteiger partial charge in [0.25, 0.3) is 5.91 Å². The van der Waals surface area contributed by atoms with Gasteiger partial charge in [0.15, 0.2) is 0 Å². The Kier molecular flexibility index (Phi) is 7.35. The van der Waals surface area contributed by atoms with Gasteiger partial charge in [0.05, 0.1) is 24.2 Å². The predicted molar refractivity (Wildman–Crippen MR) is 104 cm³/mol. The van der Waals surface area contributed by atoms with Gasteiger partial charge in [-0.1, -0.05) is 36.1 Å². The van der Waals surface area contributed by atoms with E-state index in [1.807, 2.05) is 0 Å². The molecule has 0 saturated carbocycles. The van der Waals surface area contributed by atoms with Crippen molar-refractivity contribution in [3.63, 3.8) is 0 Å². The molecule has 2 rings (SSSR count). The standard InChI is InChI=1S/C18H19NO5S2/c1-3-24-15(20)5-4-10-19-16(21)14(26-18(19)25)11-12-6-8-13(9-7-12)17(22)23-2/h6-9,11H,3-5,10H2,1-2H3/b14-11-. The molecule has 1 saturated heterocycles. The van der Waals surface area contributed by atoms with Crippen molar-refractivity contribution in [2.75, 3.05) is 20.3 Å². The van der Waals surface area contributed by atoms with E-state index in [1.165, 1.54) is 23.8 Å². The number of benzene rings is 1. The second-order valence-corrected chi connectivity index (χ2v) is 7.03. The first-order valence-electron chi connectivity index (χ1n) is 8.05. The van der Waals surface area contributed by atoms with Crippen molar-refractivity contribution in [2.24, 2.45) is 0 Å². The molecule has 1 aromatic rings. The zero-order valence-corrected chi connectivity index (χ0v) is 16.2. The summed E-state index contributed by atoms with van der Waals surface area (Å²) in [5.41, 5.74) is 1.22. The van der Waals surface area contributed by atoms with E-state index in [-0.39, 0.29) is 18.3 Å². The van der Waals surface area contributed by atoms with Crippen LogP contribution in [0.4, 0.5) is 0 Å². The number of hydrogen-bond donors (Lipinski definition) is 0. The lowest BCUT2D eigenvalue weighted by Gasteiger charge is -2.13. The highest BCUT2D eigenvalue weighted by atomic mass is 32.2. The number of thiocarbonyl (C=S) groups is 1. The van der Waals surface area contributed by atoms with Crippen molar-refractivity contribution in [1.29, 1.82) is 0 Å². The van der Waals surface area contributed by atoms with Crippen molar-refractivity contribution < 1.29 is 23.9 Å². The average molecular weight is 393 g/mol. The van der Waals surface area contributed by atoms with Crippen LogP contribution in [0.2, 0.25) is 0 Å². The van der Waals surface area contributed by atoms with Gasteiger partial charge >= 0.3 is 11.9 Å². The van der Waals surface area contributed by atoms with Crippen LogP contribution in [0.1, 0.15) is 35.7 Å². The molecule has 1 amide bonds. The SMILES string of the molecule is CCOC(=O)CCCN1C(=O)/C(=C/c2ccc(C(=O)OC)cc2)SC1=S. The molecular formula is C18H19NO5S2. The molecule has 138 valence electrons. The monoisotopic (exact) mass is 393 g/mol. The number of hydrogen-bond acceptors (Lipinski definition) is 7. The number of carbonyl (C=O) groups is 3. The van der Waals surface area contributed by atoms with E-state index in [0.717, 1.165) is 5.56 Å². The second-order valence-electron chi connectivity index (χ2n) is 5.36. The van der Waals surface area contributed by atoms with E-state index in [0.29, 0.717) is 34.4 Å². The molecule has 0 unspecified atom stereocenters. The molecular weight excluding hydrogens is 374 g/mol. The Balaban J connectivity index is 1.99. The van der Waals surface area contributed by atoms with Crippen LogP contribution >= 0.6 is 24.0 Å². The fourth-order valence-corrected chi connectivity index (χ4v) is 3.60. The van der Waals surface area contributed by atoms with Gasteiger partial charge in [0, 0.05) is 13.0 Å². The Labute approximate surface area is 161 Å². The largest absolute Gasteiger partial charge is 0.466 e. The molecule has 0 spiro atoms.